The molecule has 0 fully saturated rings. The number of hydrogen-bond acceptors (Lipinski definition) is 2. The van der Waals surface area contributed by atoms with Crippen LogP contribution in [0.25, 0.3) is 0 Å². The maximum atomic E-state index is 12.2. The summed E-state index contributed by atoms with van der Waals surface area (Å²) < 4.78 is 0.726. The van der Waals surface area contributed by atoms with E-state index in [2.05, 4.69) is 26.2 Å². The Balaban J connectivity index is 2.32. The summed E-state index contributed by atoms with van der Waals surface area (Å²) in [5.41, 5.74) is 1.70. The minimum atomic E-state index is -0.389. The van der Waals surface area contributed by atoms with Crippen LogP contribution in [0.1, 0.15) is 15.9 Å². The predicted molar refractivity (Wildman–Crippen MR) is 86.1 cm³/mol. The lowest BCUT2D eigenvalue weighted by Gasteiger charge is -2.10. The summed E-state index contributed by atoms with van der Waals surface area (Å²) in [4.78, 5) is 16.0. The number of nitrogens with zero attached hydrogens (tertiary/aromatic N) is 1. The first-order valence-electron chi connectivity index (χ1n) is 5.46. The Morgan fingerprint density at radius 1 is 1.20 bits per heavy atom. The zero-order chi connectivity index (χ0) is 14.9. The number of carbonyl (C=O) groups is 1. The van der Waals surface area contributed by atoms with E-state index in [1.165, 1.54) is 12.3 Å². The minimum absolute atomic E-state index is 0.195. The van der Waals surface area contributed by atoms with E-state index in [4.69, 9.17) is 34.8 Å². The number of nitrogens with one attached hydrogen (secondary N) is 1. The van der Waals surface area contributed by atoms with Crippen molar-refractivity contribution in [2.24, 2.45) is 0 Å². The van der Waals surface area contributed by atoms with E-state index in [-0.39, 0.29) is 21.6 Å². The topological polar surface area (TPSA) is 42.0 Å². The molecule has 1 aromatic carbocycles. The maximum absolute atomic E-state index is 12.2. The molecule has 0 unspecified atom stereocenters. The molecule has 0 saturated heterocycles. The van der Waals surface area contributed by atoms with Gasteiger partial charge in [0.15, 0.2) is 0 Å². The van der Waals surface area contributed by atoms with Crippen molar-refractivity contribution in [3.05, 3.63) is 55.2 Å². The summed E-state index contributed by atoms with van der Waals surface area (Å²) in [5, 5.41) is 3.70. The lowest BCUT2D eigenvalue weighted by Crippen LogP contribution is -2.13. The van der Waals surface area contributed by atoms with Crippen LogP contribution in [0.3, 0.4) is 0 Å². The fraction of sp³-hybridized carbons (Fsp3) is 0.0769. The molecular weight excluding hydrogens is 386 g/mol. The van der Waals surface area contributed by atoms with Crippen LogP contribution < -0.4 is 5.32 Å². The summed E-state index contributed by atoms with van der Waals surface area (Å²) >= 11 is 21.1. The molecule has 1 N–H and O–H groups in total. The Kier molecular flexibility index (Phi) is 4.91. The van der Waals surface area contributed by atoms with Crippen LogP contribution in [0, 0.1) is 6.92 Å². The van der Waals surface area contributed by atoms with Crippen molar-refractivity contribution in [1.29, 1.82) is 0 Å². The third-order valence-corrected chi connectivity index (χ3v) is 4.13. The van der Waals surface area contributed by atoms with E-state index in [9.17, 15) is 4.79 Å². The minimum Gasteiger partial charge on any atom is -0.321 e. The highest BCUT2D eigenvalue weighted by Crippen LogP contribution is 2.30. The van der Waals surface area contributed by atoms with Gasteiger partial charge in [-0.1, -0.05) is 34.8 Å². The molecule has 0 aliphatic carbocycles. The summed E-state index contributed by atoms with van der Waals surface area (Å²) in [7, 11) is 0. The first-order chi connectivity index (χ1) is 9.38. The van der Waals surface area contributed by atoms with Crippen molar-refractivity contribution in [1.82, 2.24) is 4.98 Å². The molecular formula is C13H8BrCl3N2O. The van der Waals surface area contributed by atoms with Crippen LogP contribution in [-0.4, -0.2) is 10.9 Å². The fourth-order valence-corrected chi connectivity index (χ4v) is 2.59. The molecule has 1 aromatic heterocycles. The fourth-order valence-electron chi connectivity index (χ4n) is 1.52. The molecule has 1 heterocycles. The lowest BCUT2D eigenvalue weighted by molar-refractivity contribution is 0.102. The Bertz CT molecular complexity index is 692. The molecule has 0 aliphatic rings. The molecule has 1 amide bonds. The van der Waals surface area contributed by atoms with Gasteiger partial charge in [0, 0.05) is 15.7 Å². The van der Waals surface area contributed by atoms with Gasteiger partial charge in [0.1, 0.15) is 5.15 Å². The second-order valence-electron chi connectivity index (χ2n) is 4.02. The molecule has 0 atom stereocenters. The SMILES string of the molecule is Cc1cc(Br)c(NC(=O)c2cc(Cl)ncc2Cl)cc1Cl. The molecule has 7 heteroatoms. The normalized spacial score (nSPS) is 10.4. The average molecular weight is 394 g/mol. The van der Waals surface area contributed by atoms with Crippen molar-refractivity contribution < 1.29 is 4.79 Å². The van der Waals surface area contributed by atoms with Crippen LogP contribution in [0.5, 0.6) is 0 Å². The van der Waals surface area contributed by atoms with Gasteiger partial charge in [-0.3, -0.25) is 4.79 Å². The van der Waals surface area contributed by atoms with Gasteiger partial charge in [-0.25, -0.2) is 4.98 Å². The third-order valence-electron chi connectivity index (χ3n) is 2.56. The summed E-state index contributed by atoms with van der Waals surface area (Å²) in [6, 6.07) is 4.89. The van der Waals surface area contributed by atoms with Gasteiger partial charge >= 0.3 is 0 Å². The predicted octanol–water partition coefficient (Wildman–Crippen LogP) is 5.37. The van der Waals surface area contributed by atoms with Crippen molar-refractivity contribution in [3.8, 4) is 0 Å². The van der Waals surface area contributed by atoms with Gasteiger partial charge in [-0.05, 0) is 46.6 Å². The molecule has 0 bridgehead atoms. The number of hydrogen-bond donors (Lipinski definition) is 1. The Morgan fingerprint density at radius 2 is 1.90 bits per heavy atom. The van der Waals surface area contributed by atoms with E-state index < -0.39 is 0 Å². The Hall–Kier alpha value is -0.810. The van der Waals surface area contributed by atoms with E-state index in [0.717, 1.165) is 10.0 Å². The van der Waals surface area contributed by atoms with Crippen molar-refractivity contribution in [2.45, 2.75) is 6.92 Å². The standard InChI is InChI=1S/C13H8BrCl3N2O/c1-6-2-8(14)11(4-9(6)15)19-13(20)7-3-12(17)18-5-10(7)16/h2-5H,1H3,(H,19,20). The van der Waals surface area contributed by atoms with Gasteiger partial charge in [0.05, 0.1) is 16.3 Å². The van der Waals surface area contributed by atoms with Crippen molar-refractivity contribution >= 4 is 62.3 Å². The molecule has 2 aromatic rings. The number of aromatic nitrogens is 1. The second-order valence-corrected chi connectivity index (χ2v) is 6.08. The number of pyridine rings is 1. The van der Waals surface area contributed by atoms with E-state index in [0.29, 0.717) is 10.7 Å². The molecule has 20 heavy (non-hydrogen) atoms. The molecule has 2 rings (SSSR count). The highest BCUT2D eigenvalue weighted by atomic mass is 79.9. The third kappa shape index (κ3) is 3.44. The number of amides is 1. The van der Waals surface area contributed by atoms with Crippen molar-refractivity contribution in [2.75, 3.05) is 5.32 Å². The highest BCUT2D eigenvalue weighted by molar-refractivity contribution is 9.10. The molecule has 104 valence electrons. The van der Waals surface area contributed by atoms with Gasteiger partial charge < -0.3 is 5.32 Å². The largest absolute Gasteiger partial charge is 0.321 e. The van der Waals surface area contributed by atoms with Gasteiger partial charge in [-0.15, -0.1) is 0 Å². The van der Waals surface area contributed by atoms with E-state index in [1.807, 2.05) is 13.0 Å². The first-order valence-corrected chi connectivity index (χ1v) is 7.39. The smallest absolute Gasteiger partial charge is 0.257 e. The number of rotatable bonds is 2. The lowest BCUT2D eigenvalue weighted by atomic mass is 10.2. The highest BCUT2D eigenvalue weighted by Gasteiger charge is 2.14. The van der Waals surface area contributed by atoms with Gasteiger partial charge in [0.2, 0.25) is 0 Å². The molecule has 0 saturated carbocycles. The molecule has 0 aliphatic heterocycles. The van der Waals surface area contributed by atoms with E-state index in [1.54, 1.807) is 6.07 Å². The number of carbonyl (C=O) groups excluding carboxylic acids is 1. The molecule has 0 spiro atoms. The summed E-state index contributed by atoms with van der Waals surface area (Å²) in [6.45, 7) is 1.87. The van der Waals surface area contributed by atoms with Crippen LogP contribution in [0.4, 0.5) is 5.69 Å². The average Bonchev–Trinajstić information content (AvgIpc) is 2.38. The first kappa shape index (κ1) is 15.6. The zero-order valence-corrected chi connectivity index (χ0v) is 14.0. The summed E-state index contributed by atoms with van der Waals surface area (Å²) in [5.74, 6) is -0.389. The molecule has 0 radical (unpaired) electrons. The van der Waals surface area contributed by atoms with Gasteiger partial charge in [-0.2, -0.15) is 0 Å². The monoisotopic (exact) mass is 392 g/mol. The molecule has 3 nitrogen and oxygen atoms in total. The number of halogens is 4. The van der Waals surface area contributed by atoms with Crippen LogP contribution in [-0.2, 0) is 0 Å². The van der Waals surface area contributed by atoms with Gasteiger partial charge in [0.25, 0.3) is 5.91 Å². The quantitative estimate of drug-likeness (QED) is 0.696. The summed E-state index contributed by atoms with van der Waals surface area (Å²) in [6.07, 6.45) is 1.33. The van der Waals surface area contributed by atoms with Crippen molar-refractivity contribution in [3.63, 3.8) is 0 Å². The maximum Gasteiger partial charge on any atom is 0.257 e. The number of anilines is 1. The second kappa shape index (κ2) is 6.31. The van der Waals surface area contributed by atoms with E-state index >= 15 is 0 Å². The number of benzene rings is 1. The van der Waals surface area contributed by atoms with Crippen LogP contribution in [0.2, 0.25) is 15.2 Å². The Morgan fingerprint density at radius 3 is 2.60 bits per heavy atom. The van der Waals surface area contributed by atoms with Crippen LogP contribution in [0.15, 0.2) is 28.9 Å². The Labute approximate surface area is 139 Å². The zero-order valence-electron chi connectivity index (χ0n) is 10.2. The van der Waals surface area contributed by atoms with Crippen LogP contribution >= 0.6 is 50.7 Å². The number of aryl methyl sites for hydroxylation is 1.